The van der Waals surface area contributed by atoms with Gasteiger partial charge in [0.25, 0.3) is 0 Å². The second kappa shape index (κ2) is 4.97. The van der Waals surface area contributed by atoms with Gasteiger partial charge in [0, 0.05) is 24.4 Å². The third-order valence-corrected chi connectivity index (χ3v) is 4.81. The van der Waals surface area contributed by atoms with Gasteiger partial charge in [0.1, 0.15) is 17.2 Å². The predicted octanol–water partition coefficient (Wildman–Crippen LogP) is 1.63. The Balaban J connectivity index is 1.90. The first-order chi connectivity index (χ1) is 9.56. The molecule has 0 bridgehead atoms. The van der Waals surface area contributed by atoms with Crippen LogP contribution in [0.2, 0.25) is 0 Å². The highest BCUT2D eigenvalue weighted by Gasteiger charge is 2.26. The first kappa shape index (κ1) is 13.2. The van der Waals surface area contributed by atoms with Crippen molar-refractivity contribution in [2.75, 3.05) is 0 Å². The lowest BCUT2D eigenvalue weighted by Gasteiger charge is -2.09. The van der Waals surface area contributed by atoms with Gasteiger partial charge in [0.05, 0.1) is 0 Å². The van der Waals surface area contributed by atoms with Crippen molar-refractivity contribution in [3.05, 3.63) is 35.0 Å². The maximum Gasteiger partial charge on any atom is 0.247 e. The molecule has 0 saturated heterocycles. The lowest BCUT2D eigenvalue weighted by Crippen LogP contribution is -2.11. The molecule has 0 atom stereocenters. The van der Waals surface area contributed by atoms with E-state index in [0.717, 1.165) is 42.6 Å². The standard InChI is InChI=1S/C13H15N3O3S/c1-9-6-14-13(15-7-9)20(17,18)8-11-10-4-2-3-5-12(10)19-16-11/h6-7H,2-5,8H2,1H3. The molecule has 7 heteroatoms. The van der Waals surface area contributed by atoms with Crippen LogP contribution in [0.15, 0.2) is 22.1 Å². The largest absolute Gasteiger partial charge is 0.361 e. The van der Waals surface area contributed by atoms with E-state index in [4.69, 9.17) is 4.52 Å². The van der Waals surface area contributed by atoms with E-state index >= 15 is 0 Å². The summed E-state index contributed by atoms with van der Waals surface area (Å²) in [7, 11) is -3.58. The summed E-state index contributed by atoms with van der Waals surface area (Å²) in [4.78, 5) is 7.77. The summed E-state index contributed by atoms with van der Waals surface area (Å²) >= 11 is 0. The van der Waals surface area contributed by atoms with E-state index in [-0.39, 0.29) is 10.9 Å². The molecular formula is C13H15N3O3S. The molecule has 106 valence electrons. The number of aryl methyl sites for hydroxylation is 2. The molecule has 20 heavy (non-hydrogen) atoms. The van der Waals surface area contributed by atoms with E-state index in [2.05, 4.69) is 15.1 Å². The Labute approximate surface area is 117 Å². The number of rotatable bonds is 3. The number of nitrogens with zero attached hydrogens (tertiary/aromatic N) is 3. The van der Waals surface area contributed by atoms with Gasteiger partial charge in [-0.1, -0.05) is 5.16 Å². The van der Waals surface area contributed by atoms with Crippen molar-refractivity contribution in [3.8, 4) is 0 Å². The number of aromatic nitrogens is 3. The molecule has 1 aliphatic carbocycles. The zero-order chi connectivity index (χ0) is 14.2. The van der Waals surface area contributed by atoms with Crippen molar-refractivity contribution in [1.82, 2.24) is 15.1 Å². The van der Waals surface area contributed by atoms with Crippen LogP contribution in [-0.4, -0.2) is 23.5 Å². The van der Waals surface area contributed by atoms with Crippen LogP contribution in [0.5, 0.6) is 0 Å². The molecular weight excluding hydrogens is 278 g/mol. The molecule has 3 rings (SSSR count). The molecule has 0 unspecified atom stereocenters. The van der Waals surface area contributed by atoms with Crippen molar-refractivity contribution in [2.24, 2.45) is 0 Å². The van der Waals surface area contributed by atoms with Crippen molar-refractivity contribution in [1.29, 1.82) is 0 Å². The number of fused-ring (bicyclic) bond motifs is 1. The molecule has 0 aliphatic heterocycles. The molecule has 0 spiro atoms. The topological polar surface area (TPSA) is 86.0 Å². The van der Waals surface area contributed by atoms with Crippen LogP contribution in [0, 0.1) is 6.92 Å². The Morgan fingerprint density at radius 2 is 1.90 bits per heavy atom. The van der Waals surface area contributed by atoms with Crippen molar-refractivity contribution in [2.45, 2.75) is 43.5 Å². The quantitative estimate of drug-likeness (QED) is 0.799. The molecule has 2 aromatic rings. The van der Waals surface area contributed by atoms with E-state index in [1.54, 1.807) is 0 Å². The van der Waals surface area contributed by atoms with Gasteiger partial charge in [-0.2, -0.15) is 0 Å². The third kappa shape index (κ3) is 2.45. The Morgan fingerprint density at radius 3 is 2.65 bits per heavy atom. The van der Waals surface area contributed by atoms with Gasteiger partial charge in [-0.05, 0) is 31.7 Å². The second-order valence-corrected chi connectivity index (χ2v) is 6.92. The number of sulfone groups is 1. The minimum atomic E-state index is -3.58. The van der Waals surface area contributed by atoms with Crippen LogP contribution >= 0.6 is 0 Å². The molecule has 0 fully saturated rings. The first-order valence-corrected chi connectivity index (χ1v) is 8.19. The van der Waals surface area contributed by atoms with Crippen LogP contribution in [0.4, 0.5) is 0 Å². The average molecular weight is 293 g/mol. The van der Waals surface area contributed by atoms with Crippen LogP contribution in [0.3, 0.4) is 0 Å². The summed E-state index contributed by atoms with van der Waals surface area (Å²) < 4.78 is 29.8. The van der Waals surface area contributed by atoms with Crippen molar-refractivity contribution >= 4 is 9.84 Å². The second-order valence-electron chi connectivity index (χ2n) is 5.04. The van der Waals surface area contributed by atoms with Gasteiger partial charge >= 0.3 is 0 Å². The van der Waals surface area contributed by atoms with Gasteiger partial charge in [0.2, 0.25) is 15.0 Å². The number of hydrogen-bond donors (Lipinski definition) is 0. The van der Waals surface area contributed by atoms with Gasteiger partial charge in [0.15, 0.2) is 0 Å². The minimum absolute atomic E-state index is 0.157. The summed E-state index contributed by atoms with van der Waals surface area (Å²) in [6.45, 7) is 1.81. The molecule has 0 saturated carbocycles. The molecule has 2 aromatic heterocycles. The van der Waals surface area contributed by atoms with Gasteiger partial charge in [-0.15, -0.1) is 0 Å². The maximum atomic E-state index is 12.3. The summed E-state index contributed by atoms with van der Waals surface area (Å²) in [5.74, 6) is 0.626. The smallest absolute Gasteiger partial charge is 0.247 e. The van der Waals surface area contributed by atoms with E-state index in [1.165, 1.54) is 12.4 Å². The summed E-state index contributed by atoms with van der Waals surface area (Å²) in [6.07, 6.45) is 6.77. The molecule has 0 amide bonds. The summed E-state index contributed by atoms with van der Waals surface area (Å²) in [5.41, 5.74) is 2.28. The highest BCUT2D eigenvalue weighted by atomic mass is 32.2. The van der Waals surface area contributed by atoms with E-state index < -0.39 is 9.84 Å². The van der Waals surface area contributed by atoms with Crippen LogP contribution < -0.4 is 0 Å². The van der Waals surface area contributed by atoms with E-state index in [1.807, 2.05) is 6.92 Å². The molecule has 0 aromatic carbocycles. The Morgan fingerprint density at radius 1 is 1.20 bits per heavy atom. The van der Waals surface area contributed by atoms with Crippen LogP contribution in [0.25, 0.3) is 0 Å². The fraction of sp³-hybridized carbons (Fsp3) is 0.462. The van der Waals surface area contributed by atoms with Gasteiger partial charge in [-0.3, -0.25) is 0 Å². The lowest BCUT2D eigenvalue weighted by atomic mass is 9.97. The monoisotopic (exact) mass is 293 g/mol. The average Bonchev–Trinajstić information content (AvgIpc) is 2.82. The first-order valence-electron chi connectivity index (χ1n) is 6.54. The fourth-order valence-electron chi connectivity index (χ4n) is 2.35. The molecule has 0 radical (unpaired) electrons. The Kier molecular flexibility index (Phi) is 3.29. The highest BCUT2D eigenvalue weighted by molar-refractivity contribution is 7.90. The fourth-order valence-corrected chi connectivity index (χ4v) is 3.49. The molecule has 2 heterocycles. The lowest BCUT2D eigenvalue weighted by molar-refractivity contribution is 0.369. The predicted molar refractivity (Wildman–Crippen MR) is 70.8 cm³/mol. The Bertz CT molecular complexity index is 720. The zero-order valence-electron chi connectivity index (χ0n) is 11.2. The molecule has 6 nitrogen and oxygen atoms in total. The minimum Gasteiger partial charge on any atom is -0.361 e. The van der Waals surface area contributed by atoms with Crippen molar-refractivity contribution < 1.29 is 12.9 Å². The van der Waals surface area contributed by atoms with E-state index in [0.29, 0.717) is 5.69 Å². The normalized spacial score (nSPS) is 15.1. The van der Waals surface area contributed by atoms with E-state index in [9.17, 15) is 8.42 Å². The van der Waals surface area contributed by atoms with Crippen LogP contribution in [0.1, 0.15) is 35.4 Å². The Hall–Kier alpha value is -1.76. The van der Waals surface area contributed by atoms with Gasteiger partial charge in [-0.25, -0.2) is 18.4 Å². The number of hydrogen-bond acceptors (Lipinski definition) is 6. The summed E-state index contributed by atoms with van der Waals surface area (Å²) in [5, 5.41) is 3.76. The van der Waals surface area contributed by atoms with Crippen molar-refractivity contribution in [3.63, 3.8) is 0 Å². The molecule has 0 N–H and O–H groups in total. The van der Waals surface area contributed by atoms with Crippen LogP contribution in [-0.2, 0) is 28.4 Å². The SMILES string of the molecule is Cc1cnc(S(=O)(=O)Cc2noc3c2CCCC3)nc1. The highest BCUT2D eigenvalue weighted by Crippen LogP contribution is 2.26. The third-order valence-electron chi connectivity index (χ3n) is 3.39. The summed E-state index contributed by atoms with van der Waals surface area (Å²) in [6, 6.07) is 0. The van der Waals surface area contributed by atoms with Gasteiger partial charge < -0.3 is 4.52 Å². The zero-order valence-corrected chi connectivity index (χ0v) is 12.0. The maximum absolute atomic E-state index is 12.3. The molecule has 1 aliphatic rings.